The molecule has 0 saturated carbocycles. The summed E-state index contributed by atoms with van der Waals surface area (Å²) in [6.07, 6.45) is 2.52. The Morgan fingerprint density at radius 1 is 1.24 bits per heavy atom. The molecule has 0 aromatic heterocycles. The van der Waals surface area contributed by atoms with Gasteiger partial charge in [-0.1, -0.05) is 26.0 Å². The fourth-order valence-electron chi connectivity index (χ4n) is 2.51. The Bertz CT molecular complexity index is 376. The highest BCUT2D eigenvalue weighted by molar-refractivity contribution is 5.29. The van der Waals surface area contributed by atoms with Crippen LogP contribution in [0.1, 0.15) is 45.2 Å². The largest absolute Gasteiger partial charge is 0.508 e. The summed E-state index contributed by atoms with van der Waals surface area (Å²) in [5.74, 6) is 0.367. The lowest BCUT2D eigenvalue weighted by molar-refractivity contribution is 0.100. The van der Waals surface area contributed by atoms with Crippen LogP contribution in [0.2, 0.25) is 0 Å². The lowest BCUT2D eigenvalue weighted by Crippen LogP contribution is -2.38. The standard InChI is InChI=1S/C15H23NO/c1-12(13-5-4-6-14(17)11-13)16-9-7-15(2,3)8-10-16/h4-6,11-12,17H,7-10H2,1-3H3. The summed E-state index contributed by atoms with van der Waals surface area (Å²) < 4.78 is 0. The maximum absolute atomic E-state index is 9.52. The minimum atomic E-state index is 0.367. The van der Waals surface area contributed by atoms with Crippen molar-refractivity contribution in [2.24, 2.45) is 5.41 Å². The van der Waals surface area contributed by atoms with Gasteiger partial charge in [-0.05, 0) is 56.0 Å². The molecule has 2 rings (SSSR count). The molecular formula is C15H23NO. The third-order valence-corrected chi connectivity index (χ3v) is 4.05. The summed E-state index contributed by atoms with van der Waals surface area (Å²) in [6.45, 7) is 9.24. The van der Waals surface area contributed by atoms with E-state index in [9.17, 15) is 5.11 Å². The predicted octanol–water partition coefficient (Wildman–Crippen LogP) is 3.58. The zero-order valence-corrected chi connectivity index (χ0v) is 11.1. The third-order valence-electron chi connectivity index (χ3n) is 4.05. The van der Waals surface area contributed by atoms with E-state index in [1.165, 1.54) is 18.4 Å². The van der Waals surface area contributed by atoms with Crippen LogP contribution in [0.4, 0.5) is 0 Å². The Labute approximate surface area is 104 Å². The Hall–Kier alpha value is -1.02. The van der Waals surface area contributed by atoms with Gasteiger partial charge in [0.2, 0.25) is 0 Å². The number of hydrogen-bond acceptors (Lipinski definition) is 2. The van der Waals surface area contributed by atoms with Crippen LogP contribution in [0.5, 0.6) is 5.75 Å². The van der Waals surface area contributed by atoms with Gasteiger partial charge in [0.15, 0.2) is 0 Å². The number of nitrogens with zero attached hydrogens (tertiary/aromatic N) is 1. The van der Waals surface area contributed by atoms with Crippen molar-refractivity contribution in [3.05, 3.63) is 29.8 Å². The SMILES string of the molecule is CC(c1cccc(O)c1)N1CCC(C)(C)CC1. The number of aromatic hydroxyl groups is 1. The minimum Gasteiger partial charge on any atom is -0.508 e. The van der Waals surface area contributed by atoms with Crippen molar-refractivity contribution >= 4 is 0 Å². The van der Waals surface area contributed by atoms with Gasteiger partial charge >= 0.3 is 0 Å². The zero-order valence-electron chi connectivity index (χ0n) is 11.1. The molecule has 1 unspecified atom stereocenters. The summed E-state index contributed by atoms with van der Waals surface area (Å²) in [5.41, 5.74) is 1.71. The van der Waals surface area contributed by atoms with Crippen LogP contribution in [-0.4, -0.2) is 23.1 Å². The maximum atomic E-state index is 9.52. The molecule has 1 saturated heterocycles. The van der Waals surface area contributed by atoms with Crippen molar-refractivity contribution in [2.45, 2.75) is 39.7 Å². The summed E-state index contributed by atoms with van der Waals surface area (Å²) >= 11 is 0. The van der Waals surface area contributed by atoms with Crippen LogP contribution < -0.4 is 0 Å². The molecule has 1 atom stereocenters. The highest BCUT2D eigenvalue weighted by Crippen LogP contribution is 2.34. The van der Waals surface area contributed by atoms with Gasteiger partial charge in [-0.2, -0.15) is 0 Å². The molecule has 0 bridgehead atoms. The van der Waals surface area contributed by atoms with Crippen LogP contribution in [0.15, 0.2) is 24.3 Å². The molecule has 1 N–H and O–H groups in total. The topological polar surface area (TPSA) is 23.5 Å². The fraction of sp³-hybridized carbons (Fsp3) is 0.600. The zero-order chi connectivity index (χ0) is 12.5. The van der Waals surface area contributed by atoms with Gasteiger partial charge in [-0.3, -0.25) is 4.90 Å². The number of likely N-dealkylation sites (tertiary alicyclic amines) is 1. The first-order valence-electron chi connectivity index (χ1n) is 6.51. The molecule has 1 fully saturated rings. The molecule has 2 heteroatoms. The number of hydrogen-bond donors (Lipinski definition) is 1. The van der Waals surface area contributed by atoms with E-state index in [2.05, 4.69) is 31.7 Å². The summed E-state index contributed by atoms with van der Waals surface area (Å²) in [7, 11) is 0. The molecule has 1 aliphatic heterocycles. The fourth-order valence-corrected chi connectivity index (χ4v) is 2.51. The van der Waals surface area contributed by atoms with E-state index >= 15 is 0 Å². The van der Waals surface area contributed by atoms with Crippen molar-refractivity contribution < 1.29 is 5.11 Å². The van der Waals surface area contributed by atoms with E-state index in [0.29, 0.717) is 17.2 Å². The van der Waals surface area contributed by atoms with Gasteiger partial charge in [0.1, 0.15) is 5.75 Å². The second-order valence-corrected chi connectivity index (χ2v) is 5.97. The van der Waals surface area contributed by atoms with Gasteiger partial charge in [-0.25, -0.2) is 0 Å². The molecule has 1 aromatic rings. The van der Waals surface area contributed by atoms with Crippen molar-refractivity contribution in [1.82, 2.24) is 4.90 Å². The van der Waals surface area contributed by atoms with Crippen molar-refractivity contribution in [1.29, 1.82) is 0 Å². The predicted molar refractivity (Wildman–Crippen MR) is 71.1 cm³/mol. The van der Waals surface area contributed by atoms with Crippen molar-refractivity contribution in [3.8, 4) is 5.75 Å². The molecule has 0 amide bonds. The molecule has 94 valence electrons. The van der Waals surface area contributed by atoms with Gasteiger partial charge < -0.3 is 5.11 Å². The van der Waals surface area contributed by atoms with E-state index in [4.69, 9.17) is 0 Å². The molecule has 0 radical (unpaired) electrons. The Morgan fingerprint density at radius 3 is 2.47 bits per heavy atom. The molecular weight excluding hydrogens is 210 g/mol. The first-order chi connectivity index (χ1) is 7.98. The molecule has 0 aliphatic carbocycles. The van der Waals surface area contributed by atoms with E-state index < -0.39 is 0 Å². The van der Waals surface area contributed by atoms with Crippen LogP contribution in [-0.2, 0) is 0 Å². The molecule has 1 aliphatic rings. The van der Waals surface area contributed by atoms with Gasteiger partial charge in [0.25, 0.3) is 0 Å². The van der Waals surface area contributed by atoms with Crippen LogP contribution in [0.25, 0.3) is 0 Å². The molecule has 1 aromatic carbocycles. The summed E-state index contributed by atoms with van der Waals surface area (Å²) in [4.78, 5) is 2.51. The number of piperidine rings is 1. The highest BCUT2D eigenvalue weighted by Gasteiger charge is 2.28. The van der Waals surface area contributed by atoms with Crippen LogP contribution in [0, 0.1) is 5.41 Å². The average molecular weight is 233 g/mol. The summed E-state index contributed by atoms with van der Waals surface area (Å²) in [5, 5.41) is 9.52. The van der Waals surface area contributed by atoms with Crippen LogP contribution >= 0.6 is 0 Å². The van der Waals surface area contributed by atoms with Crippen molar-refractivity contribution in [2.75, 3.05) is 13.1 Å². The number of rotatable bonds is 2. The molecule has 1 heterocycles. The monoisotopic (exact) mass is 233 g/mol. The Balaban J connectivity index is 2.04. The average Bonchev–Trinajstić information content (AvgIpc) is 2.28. The minimum absolute atomic E-state index is 0.367. The van der Waals surface area contributed by atoms with E-state index in [-0.39, 0.29) is 0 Å². The Kier molecular flexibility index (Phi) is 3.43. The maximum Gasteiger partial charge on any atom is 0.115 e. The first-order valence-corrected chi connectivity index (χ1v) is 6.51. The third kappa shape index (κ3) is 3.01. The van der Waals surface area contributed by atoms with E-state index in [0.717, 1.165) is 13.1 Å². The molecule has 2 nitrogen and oxygen atoms in total. The van der Waals surface area contributed by atoms with Gasteiger partial charge in [0.05, 0.1) is 0 Å². The second-order valence-electron chi connectivity index (χ2n) is 5.97. The Morgan fingerprint density at radius 2 is 1.88 bits per heavy atom. The lowest BCUT2D eigenvalue weighted by atomic mass is 9.82. The van der Waals surface area contributed by atoms with E-state index in [1.54, 1.807) is 6.07 Å². The number of phenolic OH excluding ortho intramolecular Hbond substituents is 1. The first kappa shape index (κ1) is 12.4. The molecule has 0 spiro atoms. The molecule has 17 heavy (non-hydrogen) atoms. The van der Waals surface area contributed by atoms with Gasteiger partial charge in [0, 0.05) is 6.04 Å². The van der Waals surface area contributed by atoms with Crippen molar-refractivity contribution in [3.63, 3.8) is 0 Å². The second kappa shape index (κ2) is 4.69. The number of phenols is 1. The smallest absolute Gasteiger partial charge is 0.115 e. The quantitative estimate of drug-likeness (QED) is 0.844. The normalized spacial score (nSPS) is 22.3. The lowest BCUT2D eigenvalue weighted by Gasteiger charge is -2.40. The highest BCUT2D eigenvalue weighted by atomic mass is 16.3. The van der Waals surface area contributed by atoms with E-state index in [1.807, 2.05) is 12.1 Å². The van der Waals surface area contributed by atoms with Gasteiger partial charge in [-0.15, -0.1) is 0 Å². The number of benzene rings is 1. The summed E-state index contributed by atoms with van der Waals surface area (Å²) in [6, 6.07) is 8.04. The van der Waals surface area contributed by atoms with Crippen LogP contribution in [0.3, 0.4) is 0 Å².